The number of unbranched alkanes of at least 4 members (excludes halogenated alkanes) is 6. The Morgan fingerprint density at radius 3 is 2.18 bits per heavy atom. The number of aromatic nitrogens is 3. The third kappa shape index (κ3) is 16.2. The van der Waals surface area contributed by atoms with Crippen molar-refractivity contribution in [3.63, 3.8) is 0 Å². The molecule has 87 heavy (non-hydrogen) atoms. The van der Waals surface area contributed by atoms with Crippen LogP contribution in [0.1, 0.15) is 154 Å². The fourth-order valence-electron chi connectivity index (χ4n) is 15.5. The molecule has 3 saturated carbocycles. The largest absolute Gasteiger partial charge is 0.508 e. The normalized spacial score (nSPS) is 28.6. The lowest BCUT2D eigenvalue weighted by molar-refractivity contribution is -0.272. The summed E-state index contributed by atoms with van der Waals surface area (Å²) < 4.78 is 48.6. The Morgan fingerprint density at radius 1 is 0.805 bits per heavy atom. The van der Waals surface area contributed by atoms with Crippen LogP contribution >= 0.6 is 0 Å². The smallest absolute Gasteiger partial charge is 0.332 e. The molecular formula is C69H96N4O14. The van der Waals surface area contributed by atoms with Gasteiger partial charge in [0.2, 0.25) is 5.91 Å². The number of esters is 1. The number of aryl methyl sites for hydroxylation is 1. The Balaban J connectivity index is 0.572. The monoisotopic (exact) mass is 1200 g/mol. The maximum atomic E-state index is 13.6. The summed E-state index contributed by atoms with van der Waals surface area (Å²) in [5.41, 5.74) is 3.82. The predicted octanol–water partition coefficient (Wildman–Crippen LogP) is 11.6. The number of allylic oxidation sites excluding steroid dienone is 4. The van der Waals surface area contributed by atoms with E-state index >= 15 is 0 Å². The van der Waals surface area contributed by atoms with Crippen molar-refractivity contribution in [2.75, 3.05) is 67.0 Å². The van der Waals surface area contributed by atoms with Crippen LogP contribution in [-0.2, 0) is 55.8 Å². The molecule has 4 aliphatic carbocycles. The van der Waals surface area contributed by atoms with Crippen molar-refractivity contribution in [2.24, 2.45) is 46.3 Å². The molecule has 0 bridgehead atoms. The minimum atomic E-state index is -0.443. The number of phenols is 2. The number of ketones is 1. The maximum Gasteiger partial charge on any atom is 0.332 e. The van der Waals surface area contributed by atoms with Crippen molar-refractivity contribution in [3.8, 4) is 23.0 Å². The summed E-state index contributed by atoms with van der Waals surface area (Å²) in [6, 6.07) is 9.45. The van der Waals surface area contributed by atoms with Crippen LogP contribution in [0, 0.1) is 46.3 Å². The number of hydrogen-bond donors (Lipinski definition) is 4. The molecule has 1 spiro atoms. The van der Waals surface area contributed by atoms with Crippen LogP contribution in [0.5, 0.6) is 23.0 Å². The van der Waals surface area contributed by atoms with Gasteiger partial charge in [0.1, 0.15) is 18.5 Å². The number of rotatable bonds is 31. The van der Waals surface area contributed by atoms with Crippen molar-refractivity contribution in [2.45, 2.75) is 168 Å². The second kappa shape index (κ2) is 30.4. The van der Waals surface area contributed by atoms with Crippen molar-refractivity contribution in [1.29, 1.82) is 0 Å². The SMILES string of the molecule is COc1cc(/C=C/C(=O)/C(Cc2cn(CCCCCCCCCC(=O)NCCOCCOCCOCC(=O)O[C@H]3CC[C@@]4(C)C(=CC[C@H]5[C@@H]6C[C@@H]7O[C@]8(CC[C@@H](C)CO8)[C@@H](C)[C@@H]7[C@@]6(C)CC[C@@H]54)C3)nn2)=C(O)/C=C/c2ccc(O)c(OC)c2)ccc1O. The first-order valence-electron chi connectivity index (χ1n) is 32.2. The number of aromatic hydroxyl groups is 2. The highest BCUT2D eigenvalue weighted by molar-refractivity contribution is 6.07. The lowest BCUT2D eigenvalue weighted by Crippen LogP contribution is -2.52. The first-order valence-corrected chi connectivity index (χ1v) is 32.2. The summed E-state index contributed by atoms with van der Waals surface area (Å²) in [7, 11) is 2.88. The molecule has 9 rings (SSSR count). The van der Waals surface area contributed by atoms with Gasteiger partial charge in [0.05, 0.1) is 65.7 Å². The van der Waals surface area contributed by atoms with Crippen LogP contribution in [0.3, 0.4) is 0 Å². The molecule has 3 heterocycles. The van der Waals surface area contributed by atoms with Gasteiger partial charge in [-0.3, -0.25) is 14.3 Å². The summed E-state index contributed by atoms with van der Waals surface area (Å²) in [6.07, 6.45) is 27.6. The zero-order chi connectivity index (χ0) is 61.6. The highest BCUT2D eigenvalue weighted by atomic mass is 16.7. The van der Waals surface area contributed by atoms with Crippen LogP contribution in [0.25, 0.3) is 12.2 Å². The van der Waals surface area contributed by atoms with Gasteiger partial charge in [-0.1, -0.05) is 101 Å². The lowest BCUT2D eigenvalue weighted by atomic mass is 9.47. The number of nitrogens with zero attached hydrogens (tertiary/aromatic N) is 3. The number of amides is 1. The van der Waals surface area contributed by atoms with E-state index in [2.05, 4.69) is 49.4 Å². The Kier molecular flexibility index (Phi) is 22.9. The van der Waals surface area contributed by atoms with E-state index in [9.17, 15) is 29.7 Å². The van der Waals surface area contributed by atoms with Crippen molar-refractivity contribution in [3.05, 3.63) is 94.5 Å². The molecule has 1 aromatic heterocycles. The van der Waals surface area contributed by atoms with Crippen LogP contribution in [0.15, 0.2) is 77.7 Å². The summed E-state index contributed by atoms with van der Waals surface area (Å²) in [5, 5.41) is 42.7. The molecule has 1 amide bonds. The van der Waals surface area contributed by atoms with Crippen molar-refractivity contribution in [1.82, 2.24) is 20.3 Å². The van der Waals surface area contributed by atoms with E-state index in [-0.39, 0.29) is 83.1 Å². The van der Waals surface area contributed by atoms with Gasteiger partial charge in [-0.05, 0) is 146 Å². The van der Waals surface area contributed by atoms with Gasteiger partial charge in [0.25, 0.3) is 0 Å². The molecule has 18 heteroatoms. The molecule has 4 N–H and O–H groups in total. The average molecular weight is 1210 g/mol. The second-order valence-electron chi connectivity index (χ2n) is 25.9. The number of aliphatic hydroxyl groups excluding tert-OH is 1. The standard InChI is InChI=1S/C69H96N4O14/c1-46-25-30-69(85-44-46)47(2)66-63(87-69)42-56-53-20-19-50-40-52(26-28-67(50,3)55(53)27-29-68(56,66)4)86-65(79)45-84-37-36-83-35-34-82-33-31-70-64(78)14-12-10-8-7-9-11-13-32-73-43-51(71-72-73)41-54(57(74)21-15-48-17-23-59(76)61(38-48)80-5)58(75)22-16-49-18-24-60(77)62(39-49)81-6/h15-19,21-24,38-39,43,46-47,52-53,55-56,63,66,74,76-77H,7-14,20,25-37,40-42,44-45H2,1-6H3,(H,70,78)/b21-15+,22-16+,57-54-/t46-,47+,52+,53-,55+,56+,63+,66+,67+,68+,69-/m1/s1. The maximum absolute atomic E-state index is 13.6. The molecule has 3 aromatic rings. The number of ether oxygens (including phenoxy) is 8. The second-order valence-corrected chi connectivity index (χ2v) is 25.9. The Hall–Kier alpha value is -6.05. The number of methoxy groups -OCH3 is 2. The molecule has 2 aromatic carbocycles. The van der Waals surface area contributed by atoms with Gasteiger partial charge >= 0.3 is 5.97 Å². The number of hydrogen-bond acceptors (Lipinski definition) is 16. The summed E-state index contributed by atoms with van der Waals surface area (Å²) in [6.45, 7) is 13.4. The minimum absolute atomic E-state index is 0.0194. The third-order valence-electron chi connectivity index (χ3n) is 20.3. The molecule has 11 atom stereocenters. The molecular weight excluding hydrogens is 1110 g/mol. The van der Waals surface area contributed by atoms with E-state index in [1.54, 1.807) is 47.3 Å². The van der Waals surface area contributed by atoms with E-state index in [0.29, 0.717) is 110 Å². The van der Waals surface area contributed by atoms with E-state index in [1.807, 2.05) is 0 Å². The minimum Gasteiger partial charge on any atom is -0.508 e. The molecule has 2 aliphatic heterocycles. The van der Waals surface area contributed by atoms with E-state index in [4.69, 9.17) is 37.9 Å². The van der Waals surface area contributed by atoms with Crippen LogP contribution in [0.2, 0.25) is 0 Å². The van der Waals surface area contributed by atoms with E-state index < -0.39 is 5.78 Å². The van der Waals surface area contributed by atoms with Crippen molar-refractivity contribution < 1.29 is 67.6 Å². The number of aliphatic hydroxyl groups is 1. The first kappa shape index (κ1) is 65.4. The zero-order valence-electron chi connectivity index (χ0n) is 52.3. The first-order chi connectivity index (χ1) is 42.0. The summed E-state index contributed by atoms with van der Waals surface area (Å²) >= 11 is 0. The molecule has 5 fully saturated rings. The number of carbonyl (C=O) groups is 3. The average Bonchev–Trinajstić information content (AvgIpc) is 1.58. The molecule has 0 unspecified atom stereocenters. The van der Waals surface area contributed by atoms with Gasteiger partial charge in [0, 0.05) is 56.5 Å². The van der Waals surface area contributed by atoms with Crippen LogP contribution in [0.4, 0.5) is 0 Å². The Labute approximate surface area is 514 Å². The Bertz CT molecular complexity index is 2930. The highest BCUT2D eigenvalue weighted by Gasteiger charge is 2.68. The molecule has 18 nitrogen and oxygen atoms in total. The lowest BCUT2D eigenvalue weighted by Gasteiger charge is -2.58. The summed E-state index contributed by atoms with van der Waals surface area (Å²) in [5.74, 6) is 2.75. The highest BCUT2D eigenvalue weighted by Crippen LogP contribution is 2.70. The molecule has 0 radical (unpaired) electrons. The predicted molar refractivity (Wildman–Crippen MR) is 330 cm³/mol. The van der Waals surface area contributed by atoms with Gasteiger partial charge in [-0.25, -0.2) is 4.79 Å². The molecule has 6 aliphatic rings. The van der Waals surface area contributed by atoms with Crippen LogP contribution < -0.4 is 14.8 Å². The topological polar surface area (TPSA) is 228 Å². The van der Waals surface area contributed by atoms with Gasteiger partial charge in [-0.2, -0.15) is 0 Å². The van der Waals surface area contributed by atoms with Crippen molar-refractivity contribution >= 4 is 29.8 Å². The number of benzene rings is 2. The number of nitrogens with one attached hydrogen (secondary N) is 1. The number of fused-ring (bicyclic) bond motifs is 7. The zero-order valence-corrected chi connectivity index (χ0v) is 52.3. The van der Waals surface area contributed by atoms with E-state index in [1.165, 1.54) is 63.3 Å². The molecule has 2 saturated heterocycles. The number of carbonyl (C=O) groups excluding carboxylic acids is 3. The van der Waals surface area contributed by atoms with Gasteiger partial charge in [-0.15, -0.1) is 5.10 Å². The number of phenolic OH excluding ortho intramolecular Hbond substituents is 2. The fraction of sp³-hybridized carbons (Fsp3) is 0.638. The van der Waals surface area contributed by atoms with Crippen LogP contribution in [-0.4, -0.2) is 133 Å². The van der Waals surface area contributed by atoms with Gasteiger partial charge < -0.3 is 58.5 Å². The third-order valence-corrected chi connectivity index (χ3v) is 20.3. The Morgan fingerprint density at radius 2 is 1.48 bits per heavy atom. The molecule has 476 valence electrons. The van der Waals surface area contributed by atoms with Gasteiger partial charge in [0.15, 0.2) is 34.6 Å². The quantitative estimate of drug-likeness (QED) is 0.0117. The summed E-state index contributed by atoms with van der Waals surface area (Å²) in [4.78, 5) is 38.9. The fourth-order valence-corrected chi connectivity index (χ4v) is 15.5. The van der Waals surface area contributed by atoms with E-state index in [0.717, 1.165) is 90.1 Å².